The van der Waals surface area contributed by atoms with Crippen molar-refractivity contribution in [3.05, 3.63) is 45.2 Å². The van der Waals surface area contributed by atoms with Crippen LogP contribution in [0.5, 0.6) is 5.75 Å². The van der Waals surface area contributed by atoms with Crippen LogP contribution in [0.2, 0.25) is 0 Å². The lowest BCUT2D eigenvalue weighted by Gasteiger charge is -2.03. The standard InChI is InChI=1S/C16H18O2S2/c1-18-13-7-4-11(5-8-13)10-12-6-9-14(15(12)17)16(19-2)20-3/h4-5,7-8,10H,6,9H2,1-3H3/b12-10+. The van der Waals surface area contributed by atoms with Gasteiger partial charge in [-0.1, -0.05) is 12.1 Å². The normalized spacial score (nSPS) is 16.9. The molecule has 4 heteroatoms. The van der Waals surface area contributed by atoms with E-state index >= 15 is 0 Å². The van der Waals surface area contributed by atoms with E-state index in [-0.39, 0.29) is 5.78 Å². The Morgan fingerprint density at radius 3 is 2.35 bits per heavy atom. The average molecular weight is 306 g/mol. The van der Waals surface area contributed by atoms with E-state index in [4.69, 9.17) is 4.74 Å². The second-order valence-corrected chi connectivity index (χ2v) is 6.34. The first-order valence-corrected chi connectivity index (χ1v) is 8.85. The zero-order chi connectivity index (χ0) is 14.5. The Hall–Kier alpha value is -1.13. The van der Waals surface area contributed by atoms with Crippen molar-refractivity contribution in [2.45, 2.75) is 12.8 Å². The van der Waals surface area contributed by atoms with Crippen LogP contribution < -0.4 is 4.74 Å². The minimum Gasteiger partial charge on any atom is -0.497 e. The Morgan fingerprint density at radius 2 is 1.80 bits per heavy atom. The number of methoxy groups -OCH3 is 1. The van der Waals surface area contributed by atoms with Crippen molar-refractivity contribution in [3.8, 4) is 5.75 Å². The molecule has 0 saturated heterocycles. The lowest BCUT2D eigenvalue weighted by atomic mass is 10.1. The molecule has 0 amide bonds. The van der Waals surface area contributed by atoms with Crippen LogP contribution >= 0.6 is 23.5 Å². The Balaban J connectivity index is 2.24. The average Bonchev–Trinajstić information content (AvgIpc) is 2.83. The van der Waals surface area contributed by atoms with Crippen LogP contribution in [0, 0.1) is 0 Å². The lowest BCUT2D eigenvalue weighted by Crippen LogP contribution is -1.97. The highest BCUT2D eigenvalue weighted by molar-refractivity contribution is 8.21. The molecule has 2 nitrogen and oxygen atoms in total. The third kappa shape index (κ3) is 3.30. The van der Waals surface area contributed by atoms with Crippen LogP contribution in [0.15, 0.2) is 39.6 Å². The summed E-state index contributed by atoms with van der Waals surface area (Å²) < 4.78 is 6.28. The Bertz CT molecular complexity index is 550. The summed E-state index contributed by atoms with van der Waals surface area (Å²) in [5.74, 6) is 1.04. The molecule has 1 aliphatic rings. The van der Waals surface area contributed by atoms with Crippen LogP contribution in [-0.4, -0.2) is 25.4 Å². The monoisotopic (exact) mass is 306 g/mol. The molecular weight excluding hydrogens is 288 g/mol. The molecule has 106 valence electrons. The summed E-state index contributed by atoms with van der Waals surface area (Å²) in [6.07, 6.45) is 7.74. The van der Waals surface area contributed by atoms with E-state index in [9.17, 15) is 4.79 Å². The summed E-state index contributed by atoms with van der Waals surface area (Å²) in [7, 11) is 1.65. The topological polar surface area (TPSA) is 26.3 Å². The smallest absolute Gasteiger partial charge is 0.186 e. The maximum absolute atomic E-state index is 12.4. The number of rotatable bonds is 4. The first kappa shape index (κ1) is 15.3. The molecule has 1 fully saturated rings. The number of ether oxygens (including phenoxy) is 1. The Morgan fingerprint density at radius 1 is 1.15 bits per heavy atom. The van der Waals surface area contributed by atoms with E-state index in [1.165, 1.54) is 0 Å². The number of thioether (sulfide) groups is 2. The van der Waals surface area contributed by atoms with Crippen molar-refractivity contribution in [2.75, 3.05) is 19.6 Å². The molecule has 0 N–H and O–H groups in total. The Kier molecular flexibility index (Phi) is 5.38. The molecule has 2 rings (SSSR count). The number of carbonyl (C=O) groups excluding carboxylic acids is 1. The van der Waals surface area contributed by atoms with Gasteiger partial charge in [0.2, 0.25) is 0 Å². The first-order valence-electron chi connectivity index (χ1n) is 6.40. The van der Waals surface area contributed by atoms with E-state index in [2.05, 4.69) is 0 Å². The van der Waals surface area contributed by atoms with Gasteiger partial charge in [-0.2, -0.15) is 0 Å². The fourth-order valence-corrected chi connectivity index (χ4v) is 3.79. The number of hydrogen-bond acceptors (Lipinski definition) is 4. The quantitative estimate of drug-likeness (QED) is 0.771. The molecule has 1 aromatic carbocycles. The predicted octanol–water partition coefficient (Wildman–Crippen LogP) is 4.38. The van der Waals surface area contributed by atoms with Gasteiger partial charge < -0.3 is 4.74 Å². The predicted molar refractivity (Wildman–Crippen MR) is 89.3 cm³/mol. The summed E-state index contributed by atoms with van der Waals surface area (Å²) >= 11 is 3.32. The van der Waals surface area contributed by atoms with Crippen molar-refractivity contribution in [1.82, 2.24) is 0 Å². The number of hydrogen-bond donors (Lipinski definition) is 0. The molecular formula is C16H18O2S2. The van der Waals surface area contributed by atoms with E-state index in [0.29, 0.717) is 0 Å². The lowest BCUT2D eigenvalue weighted by molar-refractivity contribution is -0.111. The van der Waals surface area contributed by atoms with Gasteiger partial charge in [0, 0.05) is 15.4 Å². The molecule has 0 spiro atoms. The van der Waals surface area contributed by atoms with Gasteiger partial charge in [-0.25, -0.2) is 0 Å². The zero-order valence-corrected chi connectivity index (χ0v) is 13.6. The molecule has 0 atom stereocenters. The van der Waals surface area contributed by atoms with Crippen molar-refractivity contribution in [2.24, 2.45) is 0 Å². The van der Waals surface area contributed by atoms with Crippen LogP contribution in [-0.2, 0) is 4.79 Å². The van der Waals surface area contributed by atoms with Gasteiger partial charge in [0.15, 0.2) is 5.78 Å². The van der Waals surface area contributed by atoms with Gasteiger partial charge >= 0.3 is 0 Å². The molecule has 1 aromatic rings. The van der Waals surface area contributed by atoms with Crippen molar-refractivity contribution in [3.63, 3.8) is 0 Å². The highest BCUT2D eigenvalue weighted by Gasteiger charge is 2.25. The maximum Gasteiger partial charge on any atom is 0.186 e. The summed E-state index contributed by atoms with van der Waals surface area (Å²) in [5.41, 5.74) is 2.93. The van der Waals surface area contributed by atoms with Crippen molar-refractivity contribution >= 4 is 35.4 Å². The van der Waals surface area contributed by atoms with E-state index in [1.807, 2.05) is 42.9 Å². The number of benzene rings is 1. The van der Waals surface area contributed by atoms with Crippen LogP contribution in [0.4, 0.5) is 0 Å². The van der Waals surface area contributed by atoms with E-state index in [0.717, 1.165) is 39.5 Å². The van der Waals surface area contributed by atoms with E-state index < -0.39 is 0 Å². The molecule has 0 aromatic heterocycles. The van der Waals surface area contributed by atoms with Gasteiger partial charge in [-0.15, -0.1) is 23.5 Å². The second kappa shape index (κ2) is 7.04. The number of ketones is 1. The van der Waals surface area contributed by atoms with Gasteiger partial charge in [-0.3, -0.25) is 4.79 Å². The van der Waals surface area contributed by atoms with E-state index in [1.54, 1.807) is 30.6 Å². The summed E-state index contributed by atoms with van der Waals surface area (Å²) in [5, 5.41) is 0. The molecule has 1 aliphatic carbocycles. The zero-order valence-electron chi connectivity index (χ0n) is 11.9. The molecule has 0 heterocycles. The molecule has 0 aliphatic heterocycles. The number of carbonyl (C=O) groups is 1. The summed E-state index contributed by atoms with van der Waals surface area (Å²) in [6.45, 7) is 0. The highest BCUT2D eigenvalue weighted by atomic mass is 32.2. The van der Waals surface area contributed by atoms with Gasteiger partial charge in [0.25, 0.3) is 0 Å². The fourth-order valence-electron chi connectivity index (χ4n) is 2.24. The second-order valence-electron chi connectivity index (χ2n) is 4.45. The summed E-state index contributed by atoms with van der Waals surface area (Å²) in [4.78, 5) is 12.4. The minimum absolute atomic E-state index is 0.208. The number of allylic oxidation sites excluding steroid dienone is 2. The van der Waals surface area contributed by atoms with Gasteiger partial charge in [-0.05, 0) is 49.1 Å². The minimum atomic E-state index is 0.208. The molecule has 0 bridgehead atoms. The maximum atomic E-state index is 12.4. The molecule has 20 heavy (non-hydrogen) atoms. The molecule has 0 unspecified atom stereocenters. The summed E-state index contributed by atoms with van der Waals surface area (Å²) in [6, 6.07) is 7.78. The van der Waals surface area contributed by atoms with Crippen LogP contribution in [0.25, 0.3) is 6.08 Å². The third-order valence-electron chi connectivity index (χ3n) is 3.28. The van der Waals surface area contributed by atoms with Gasteiger partial charge in [0.05, 0.1) is 7.11 Å². The number of Topliss-reactive ketones (excluding diaryl/α,β-unsaturated/α-hetero) is 1. The van der Waals surface area contributed by atoms with Crippen LogP contribution in [0.3, 0.4) is 0 Å². The van der Waals surface area contributed by atoms with Crippen molar-refractivity contribution < 1.29 is 9.53 Å². The SMILES string of the molecule is COc1ccc(/C=C2\CCC(=C(SC)SC)C2=O)cc1. The molecule has 1 saturated carbocycles. The fraction of sp³-hybridized carbons (Fsp3) is 0.312. The van der Waals surface area contributed by atoms with Gasteiger partial charge in [0.1, 0.15) is 5.75 Å². The molecule has 0 radical (unpaired) electrons. The largest absolute Gasteiger partial charge is 0.497 e. The first-order chi connectivity index (χ1) is 9.69. The van der Waals surface area contributed by atoms with Crippen LogP contribution in [0.1, 0.15) is 18.4 Å². The third-order valence-corrected chi connectivity index (χ3v) is 5.52. The highest BCUT2D eigenvalue weighted by Crippen LogP contribution is 2.37. The van der Waals surface area contributed by atoms with Crippen molar-refractivity contribution in [1.29, 1.82) is 0 Å². The Labute approximate surface area is 128 Å².